The van der Waals surface area contributed by atoms with Gasteiger partial charge in [-0.25, -0.2) is 9.59 Å². The minimum absolute atomic E-state index is 0.247. The first-order valence-electron chi connectivity index (χ1n) is 8.16. The second-order valence-electron chi connectivity index (χ2n) is 6.48. The van der Waals surface area contributed by atoms with Crippen LogP contribution in [0.4, 0.5) is 18.0 Å². The Kier molecular flexibility index (Phi) is 8.80. The van der Waals surface area contributed by atoms with Crippen LogP contribution in [0.15, 0.2) is 0 Å². The number of amides is 1. The predicted octanol–water partition coefficient (Wildman–Crippen LogP) is 3.64. The smallest absolute Gasteiger partial charge is 0.423 e. The molecule has 0 bridgehead atoms. The number of rotatable bonds is 8. The summed E-state index contributed by atoms with van der Waals surface area (Å²) in [5.41, 5.74) is -7.03. The fraction of sp³-hybridized carbons (Fsp3) is 0.867. The lowest BCUT2D eigenvalue weighted by Gasteiger charge is -2.40. The summed E-state index contributed by atoms with van der Waals surface area (Å²) in [6.07, 6.45) is -6.95. The molecule has 12 heteroatoms. The molecule has 0 aromatic carbocycles. The molecule has 0 aliphatic carbocycles. The highest BCUT2D eigenvalue weighted by molar-refractivity contribution is 7.54. The van der Waals surface area contributed by atoms with Crippen molar-refractivity contribution in [3.8, 4) is 0 Å². The first-order valence-corrected chi connectivity index (χ1v) is 9.77. The topological polar surface area (TPSA) is 100 Å². The lowest BCUT2D eigenvalue weighted by atomic mass is 9.94. The van der Waals surface area contributed by atoms with E-state index in [9.17, 15) is 27.3 Å². The van der Waals surface area contributed by atoms with Gasteiger partial charge in [-0.1, -0.05) is 0 Å². The number of ether oxygens (including phenoxy) is 2. The number of nitrogens with one attached hydrogen (secondary N) is 1. The highest BCUT2D eigenvalue weighted by Crippen LogP contribution is 2.59. The van der Waals surface area contributed by atoms with Crippen LogP contribution in [0.1, 0.15) is 41.5 Å². The third-order valence-electron chi connectivity index (χ3n) is 3.37. The molecule has 8 nitrogen and oxygen atoms in total. The van der Waals surface area contributed by atoms with Crippen molar-refractivity contribution in [3.63, 3.8) is 0 Å². The van der Waals surface area contributed by atoms with Crippen molar-refractivity contribution < 1.29 is 45.8 Å². The van der Waals surface area contributed by atoms with Gasteiger partial charge in [-0.3, -0.25) is 9.88 Å². The summed E-state index contributed by atoms with van der Waals surface area (Å²) in [5.74, 6) is -1.88. The van der Waals surface area contributed by atoms with E-state index >= 15 is 0 Å². The number of alkyl carbamates (subject to hydrolysis) is 1. The number of halogens is 3. The van der Waals surface area contributed by atoms with E-state index in [2.05, 4.69) is 4.74 Å². The van der Waals surface area contributed by atoms with Crippen molar-refractivity contribution in [2.24, 2.45) is 0 Å². The van der Waals surface area contributed by atoms with Crippen LogP contribution >= 0.6 is 7.60 Å². The molecule has 0 radical (unpaired) electrons. The summed E-state index contributed by atoms with van der Waals surface area (Å²) in [7, 11) is -3.79. The van der Waals surface area contributed by atoms with Crippen molar-refractivity contribution in [2.45, 2.75) is 64.5 Å². The fourth-order valence-corrected chi connectivity index (χ4v) is 4.27. The van der Waals surface area contributed by atoms with E-state index in [0.717, 1.165) is 6.92 Å². The van der Waals surface area contributed by atoms with E-state index in [1.807, 2.05) is 0 Å². The minimum Gasteiger partial charge on any atom is -0.467 e. The molecular formula is C15H27F3NO7P. The first-order chi connectivity index (χ1) is 12.1. The van der Waals surface area contributed by atoms with Crippen LogP contribution in [-0.2, 0) is 27.9 Å². The molecule has 0 spiro atoms. The third-order valence-corrected chi connectivity index (χ3v) is 5.94. The minimum atomic E-state index is -5.40. The summed E-state index contributed by atoms with van der Waals surface area (Å²) in [6, 6.07) is 0. The summed E-state index contributed by atoms with van der Waals surface area (Å²) >= 11 is 0. The molecule has 0 aromatic heterocycles. The van der Waals surface area contributed by atoms with Gasteiger partial charge in [-0.05, 0) is 41.5 Å². The van der Waals surface area contributed by atoms with Gasteiger partial charge < -0.3 is 18.5 Å². The molecule has 1 amide bonds. The summed E-state index contributed by atoms with van der Waals surface area (Å²) < 4.78 is 74.1. The molecule has 1 N–H and O–H groups in total. The van der Waals surface area contributed by atoms with E-state index in [1.54, 1.807) is 0 Å². The molecule has 0 saturated heterocycles. The maximum atomic E-state index is 14.1. The Balaban J connectivity index is 6.43. The quantitative estimate of drug-likeness (QED) is 0.472. The van der Waals surface area contributed by atoms with Crippen LogP contribution in [0.25, 0.3) is 0 Å². The van der Waals surface area contributed by atoms with Crippen LogP contribution in [-0.4, -0.2) is 55.4 Å². The Hall–Kier alpha value is -1.32. The van der Waals surface area contributed by atoms with Crippen molar-refractivity contribution in [1.82, 2.24) is 5.32 Å². The Bertz CT molecular complexity index is 567. The molecule has 0 saturated carbocycles. The zero-order valence-corrected chi connectivity index (χ0v) is 17.3. The van der Waals surface area contributed by atoms with Crippen LogP contribution in [0.2, 0.25) is 0 Å². The average Bonchev–Trinajstić information content (AvgIpc) is 2.48. The summed E-state index contributed by atoms with van der Waals surface area (Å²) in [6.45, 7) is 7.40. The standard InChI is InChI=1S/C15H27F3NO7P/c1-8-24-27(22,25-9-2)10(3)14(11(20)23-7,15(16,17)18)19-12(21)26-13(4,5)6/h10H,8-9H2,1-7H3,(H,19,21). The lowest BCUT2D eigenvalue weighted by molar-refractivity contribution is -0.211. The monoisotopic (exact) mass is 421 g/mol. The van der Waals surface area contributed by atoms with Gasteiger partial charge in [0.25, 0.3) is 5.54 Å². The molecule has 27 heavy (non-hydrogen) atoms. The lowest BCUT2D eigenvalue weighted by Crippen LogP contribution is -2.70. The average molecular weight is 421 g/mol. The Labute approximate surface area is 156 Å². The maximum Gasteiger partial charge on any atom is 0.423 e. The molecule has 0 aliphatic rings. The third kappa shape index (κ3) is 6.08. The molecule has 0 aromatic rings. The van der Waals surface area contributed by atoms with Crippen molar-refractivity contribution >= 4 is 19.7 Å². The van der Waals surface area contributed by atoms with E-state index < -0.39 is 42.6 Å². The SMILES string of the molecule is CCOP(=O)(OCC)C(C)C(NC(=O)OC(C)(C)C)(C(=O)OC)C(F)(F)F. The Morgan fingerprint density at radius 3 is 1.81 bits per heavy atom. The van der Waals surface area contributed by atoms with Gasteiger partial charge in [0.05, 0.1) is 20.3 Å². The Morgan fingerprint density at radius 2 is 1.52 bits per heavy atom. The second kappa shape index (κ2) is 9.25. The number of carbonyl (C=O) groups excluding carboxylic acids is 2. The number of methoxy groups -OCH3 is 1. The van der Waals surface area contributed by atoms with Gasteiger partial charge in [0.1, 0.15) is 11.3 Å². The Morgan fingerprint density at radius 1 is 1.07 bits per heavy atom. The molecule has 2 unspecified atom stereocenters. The normalized spacial score (nSPS) is 16.2. The van der Waals surface area contributed by atoms with Gasteiger partial charge in [0.2, 0.25) is 0 Å². The predicted molar refractivity (Wildman–Crippen MR) is 90.5 cm³/mol. The van der Waals surface area contributed by atoms with Gasteiger partial charge >= 0.3 is 25.8 Å². The van der Waals surface area contributed by atoms with Crippen LogP contribution in [0, 0.1) is 0 Å². The zero-order valence-electron chi connectivity index (χ0n) is 16.4. The molecule has 0 heterocycles. The van der Waals surface area contributed by atoms with E-state index in [-0.39, 0.29) is 13.2 Å². The zero-order chi connectivity index (χ0) is 21.7. The molecular weight excluding hydrogens is 394 g/mol. The molecule has 2 atom stereocenters. The van der Waals surface area contributed by atoms with Gasteiger partial charge in [0.15, 0.2) is 0 Å². The number of esters is 1. The molecule has 0 aliphatic heterocycles. The van der Waals surface area contributed by atoms with Gasteiger partial charge in [0, 0.05) is 0 Å². The first kappa shape index (κ1) is 25.7. The molecule has 0 rings (SSSR count). The largest absolute Gasteiger partial charge is 0.467 e. The van der Waals surface area contributed by atoms with Crippen LogP contribution in [0.5, 0.6) is 0 Å². The summed E-state index contributed by atoms with van der Waals surface area (Å²) in [5, 5.41) is 1.51. The van der Waals surface area contributed by atoms with E-state index in [0.29, 0.717) is 7.11 Å². The maximum absolute atomic E-state index is 14.1. The van der Waals surface area contributed by atoms with Crippen LogP contribution in [0.3, 0.4) is 0 Å². The van der Waals surface area contributed by atoms with Crippen molar-refractivity contribution in [1.29, 1.82) is 0 Å². The number of hydrogen-bond donors (Lipinski definition) is 1. The van der Waals surface area contributed by atoms with E-state index in [4.69, 9.17) is 13.8 Å². The number of alkyl halides is 3. The fourth-order valence-electron chi connectivity index (χ4n) is 2.23. The second-order valence-corrected chi connectivity index (χ2v) is 8.85. The van der Waals surface area contributed by atoms with Gasteiger partial charge in [-0.15, -0.1) is 0 Å². The molecule has 160 valence electrons. The van der Waals surface area contributed by atoms with Gasteiger partial charge in [-0.2, -0.15) is 13.2 Å². The molecule has 0 fully saturated rings. The highest BCUT2D eigenvalue weighted by atomic mass is 31.2. The van der Waals surface area contributed by atoms with Crippen molar-refractivity contribution in [2.75, 3.05) is 20.3 Å². The van der Waals surface area contributed by atoms with Crippen LogP contribution < -0.4 is 5.32 Å². The highest BCUT2D eigenvalue weighted by Gasteiger charge is 2.70. The van der Waals surface area contributed by atoms with Crippen molar-refractivity contribution in [3.05, 3.63) is 0 Å². The van der Waals surface area contributed by atoms with E-state index in [1.165, 1.54) is 39.9 Å². The summed E-state index contributed by atoms with van der Waals surface area (Å²) in [4.78, 5) is 24.3. The number of carbonyl (C=O) groups is 2. The number of hydrogen-bond acceptors (Lipinski definition) is 7.